The Balaban J connectivity index is 1.92. The summed E-state index contributed by atoms with van der Waals surface area (Å²) < 4.78 is 26.7. The summed E-state index contributed by atoms with van der Waals surface area (Å²) in [6.45, 7) is 0. The number of phenols is 1. The van der Waals surface area contributed by atoms with Crippen molar-refractivity contribution < 1.29 is 13.9 Å². The van der Waals surface area contributed by atoms with E-state index in [4.69, 9.17) is 10.4 Å². The van der Waals surface area contributed by atoms with Crippen LogP contribution in [0.5, 0.6) is 5.75 Å². The maximum absolute atomic E-state index is 13.4. The first-order valence-corrected chi connectivity index (χ1v) is 8.74. The minimum atomic E-state index is -1.06. The Hall–Kier alpha value is -2.70. The third kappa shape index (κ3) is 3.55. The lowest BCUT2D eigenvalue weighted by Crippen LogP contribution is -2.14. The number of hydrogen-bond donors (Lipinski definition) is 2. The van der Waals surface area contributed by atoms with Gasteiger partial charge in [-0.3, -0.25) is 4.79 Å². The van der Waals surface area contributed by atoms with E-state index in [0.29, 0.717) is 4.88 Å². The number of phenolic OH excluding ortho intramolecular Hbond substituents is 1. The molecule has 0 aliphatic rings. The summed E-state index contributed by atoms with van der Waals surface area (Å²) in [6.07, 6.45) is 0. The number of rotatable bonds is 4. The van der Waals surface area contributed by atoms with E-state index in [1.165, 1.54) is 11.3 Å². The molecule has 0 atom stereocenters. The molecule has 0 amide bonds. The van der Waals surface area contributed by atoms with Crippen LogP contribution in [0.4, 0.5) is 8.78 Å². The van der Waals surface area contributed by atoms with Crippen LogP contribution in [0.25, 0.3) is 10.6 Å². The van der Waals surface area contributed by atoms with Crippen molar-refractivity contribution in [2.24, 2.45) is 0 Å². The van der Waals surface area contributed by atoms with Gasteiger partial charge in [0.1, 0.15) is 17.3 Å². The van der Waals surface area contributed by atoms with Crippen molar-refractivity contribution in [3.63, 3.8) is 0 Å². The van der Waals surface area contributed by atoms with Gasteiger partial charge in [0.15, 0.2) is 22.5 Å². The number of halogens is 2. The summed E-state index contributed by atoms with van der Waals surface area (Å²) in [5.41, 5.74) is -0.116. The molecule has 3 aromatic rings. The quantitative estimate of drug-likeness (QED) is 0.535. The SMILES string of the molecule is N#Cc1c(-c2cccs2)nc(SCc2cc(F)c(O)c(F)c2)[nH]c1=O. The fraction of sp³-hybridized carbons (Fsp3) is 0.0625. The van der Waals surface area contributed by atoms with Crippen molar-refractivity contribution in [2.75, 3.05) is 0 Å². The summed E-state index contributed by atoms with van der Waals surface area (Å²) in [5, 5.41) is 20.3. The normalized spacial score (nSPS) is 10.6. The predicted molar refractivity (Wildman–Crippen MR) is 90.5 cm³/mol. The molecular formula is C16H9F2N3O2S2. The minimum absolute atomic E-state index is 0.0893. The topological polar surface area (TPSA) is 89.8 Å². The molecule has 2 heterocycles. The molecule has 0 spiro atoms. The van der Waals surface area contributed by atoms with Crippen LogP contribution in [0, 0.1) is 23.0 Å². The standard InChI is InChI=1S/C16H9F2N3O2S2/c17-10-4-8(5-11(18)14(10)22)7-25-16-20-13(12-2-1-3-24-12)9(6-19)15(23)21-16/h1-5,22H,7H2,(H,20,21,23). The molecular weight excluding hydrogens is 368 g/mol. The first-order chi connectivity index (χ1) is 12.0. The van der Waals surface area contributed by atoms with Gasteiger partial charge in [-0.15, -0.1) is 11.3 Å². The highest BCUT2D eigenvalue weighted by Gasteiger charge is 2.15. The van der Waals surface area contributed by atoms with Crippen LogP contribution in [0.15, 0.2) is 39.6 Å². The fourth-order valence-electron chi connectivity index (χ4n) is 2.07. The lowest BCUT2D eigenvalue weighted by Gasteiger charge is -2.06. The van der Waals surface area contributed by atoms with E-state index >= 15 is 0 Å². The van der Waals surface area contributed by atoms with Gasteiger partial charge in [-0.05, 0) is 29.1 Å². The van der Waals surface area contributed by atoms with Gasteiger partial charge in [0, 0.05) is 5.75 Å². The number of nitrogens with zero attached hydrogens (tertiary/aromatic N) is 2. The van der Waals surface area contributed by atoms with Gasteiger partial charge in [0.2, 0.25) is 0 Å². The van der Waals surface area contributed by atoms with Crippen molar-refractivity contribution in [3.05, 3.63) is 62.8 Å². The average Bonchev–Trinajstić information content (AvgIpc) is 3.11. The zero-order valence-corrected chi connectivity index (χ0v) is 14.0. The second kappa shape index (κ2) is 7.04. The highest BCUT2D eigenvalue weighted by molar-refractivity contribution is 7.98. The molecule has 2 aromatic heterocycles. The number of nitriles is 1. The molecule has 0 aliphatic carbocycles. The molecule has 0 bridgehead atoms. The number of benzene rings is 1. The largest absolute Gasteiger partial charge is 0.503 e. The molecule has 0 aliphatic heterocycles. The van der Waals surface area contributed by atoms with E-state index in [1.54, 1.807) is 17.5 Å². The number of nitrogens with one attached hydrogen (secondary N) is 1. The van der Waals surface area contributed by atoms with E-state index in [2.05, 4.69) is 9.97 Å². The van der Waals surface area contributed by atoms with Crippen molar-refractivity contribution in [2.45, 2.75) is 10.9 Å². The van der Waals surface area contributed by atoms with Crippen LogP contribution < -0.4 is 5.56 Å². The van der Waals surface area contributed by atoms with Crippen molar-refractivity contribution in [1.29, 1.82) is 5.26 Å². The summed E-state index contributed by atoms with van der Waals surface area (Å²) in [4.78, 5) is 19.5. The third-order valence-electron chi connectivity index (χ3n) is 3.22. The smallest absolute Gasteiger partial charge is 0.270 e. The van der Waals surface area contributed by atoms with Gasteiger partial charge in [0.05, 0.1) is 4.88 Å². The van der Waals surface area contributed by atoms with E-state index in [1.807, 2.05) is 6.07 Å². The lowest BCUT2D eigenvalue weighted by molar-refractivity contribution is 0.395. The number of aromatic hydroxyl groups is 1. The van der Waals surface area contributed by atoms with E-state index in [9.17, 15) is 13.6 Å². The predicted octanol–water partition coefficient (Wildman–Crippen LogP) is 3.65. The minimum Gasteiger partial charge on any atom is -0.503 e. The third-order valence-corrected chi connectivity index (χ3v) is 5.04. The Bertz CT molecular complexity index is 1000. The molecule has 2 N–H and O–H groups in total. The zero-order valence-electron chi connectivity index (χ0n) is 12.4. The Morgan fingerprint density at radius 1 is 1.36 bits per heavy atom. The number of aromatic nitrogens is 2. The Labute approximate surface area is 148 Å². The molecule has 3 rings (SSSR count). The first kappa shape index (κ1) is 17.1. The van der Waals surface area contributed by atoms with Gasteiger partial charge in [-0.2, -0.15) is 5.26 Å². The monoisotopic (exact) mass is 377 g/mol. The van der Waals surface area contributed by atoms with Crippen LogP contribution in [0.1, 0.15) is 11.1 Å². The molecule has 0 radical (unpaired) electrons. The Kier molecular flexibility index (Phi) is 4.83. The maximum Gasteiger partial charge on any atom is 0.270 e. The molecule has 9 heteroatoms. The second-order valence-electron chi connectivity index (χ2n) is 4.88. The second-order valence-corrected chi connectivity index (χ2v) is 6.79. The molecule has 0 saturated carbocycles. The molecule has 5 nitrogen and oxygen atoms in total. The van der Waals surface area contributed by atoms with Crippen LogP contribution in [-0.2, 0) is 5.75 Å². The molecule has 0 saturated heterocycles. The number of thioether (sulfide) groups is 1. The number of thiophene rings is 1. The van der Waals surface area contributed by atoms with Crippen LogP contribution >= 0.6 is 23.1 Å². The summed E-state index contributed by atoms with van der Waals surface area (Å²) >= 11 is 2.40. The van der Waals surface area contributed by atoms with Crippen LogP contribution in [-0.4, -0.2) is 15.1 Å². The zero-order chi connectivity index (χ0) is 18.0. The highest BCUT2D eigenvalue weighted by Crippen LogP contribution is 2.28. The van der Waals surface area contributed by atoms with Gasteiger partial charge >= 0.3 is 0 Å². The number of aromatic amines is 1. The van der Waals surface area contributed by atoms with Gasteiger partial charge < -0.3 is 10.1 Å². The fourth-order valence-corrected chi connectivity index (χ4v) is 3.58. The van der Waals surface area contributed by atoms with E-state index in [0.717, 1.165) is 23.9 Å². The van der Waals surface area contributed by atoms with Crippen molar-refractivity contribution in [3.8, 4) is 22.4 Å². The average molecular weight is 377 g/mol. The van der Waals surface area contributed by atoms with Gasteiger partial charge in [-0.25, -0.2) is 13.8 Å². The summed E-state index contributed by atoms with van der Waals surface area (Å²) in [5.74, 6) is -3.03. The lowest BCUT2D eigenvalue weighted by atomic mass is 10.2. The number of H-pyrrole nitrogens is 1. The number of hydrogen-bond acceptors (Lipinski definition) is 6. The molecule has 1 aromatic carbocycles. The summed E-state index contributed by atoms with van der Waals surface area (Å²) in [6, 6.07) is 7.37. The maximum atomic E-state index is 13.4. The van der Waals surface area contributed by atoms with Crippen molar-refractivity contribution >= 4 is 23.1 Å². The summed E-state index contributed by atoms with van der Waals surface area (Å²) in [7, 11) is 0. The van der Waals surface area contributed by atoms with E-state index < -0.39 is 22.9 Å². The van der Waals surface area contributed by atoms with Crippen molar-refractivity contribution in [1.82, 2.24) is 9.97 Å². The first-order valence-electron chi connectivity index (χ1n) is 6.87. The molecule has 0 unspecified atom stereocenters. The van der Waals surface area contributed by atoms with Crippen LogP contribution in [0.3, 0.4) is 0 Å². The molecule has 126 valence electrons. The Morgan fingerprint density at radius 3 is 2.68 bits per heavy atom. The molecule has 0 fully saturated rings. The van der Waals surface area contributed by atoms with Gasteiger partial charge in [0.25, 0.3) is 5.56 Å². The molecule has 25 heavy (non-hydrogen) atoms. The van der Waals surface area contributed by atoms with Crippen LogP contribution in [0.2, 0.25) is 0 Å². The van der Waals surface area contributed by atoms with Gasteiger partial charge in [-0.1, -0.05) is 17.8 Å². The van der Waals surface area contributed by atoms with E-state index in [-0.39, 0.29) is 27.7 Å². The Morgan fingerprint density at radius 2 is 2.08 bits per heavy atom. The highest BCUT2D eigenvalue weighted by atomic mass is 32.2.